The third-order valence-electron chi connectivity index (χ3n) is 1.26. The summed E-state index contributed by atoms with van der Waals surface area (Å²) < 4.78 is 0. The lowest BCUT2D eigenvalue weighted by atomic mass is 10.2. The maximum absolute atomic E-state index is 11.2. The Labute approximate surface area is 75.5 Å². The Morgan fingerprint density at radius 3 is 2.85 bits per heavy atom. The number of nitriles is 1. The lowest BCUT2D eigenvalue weighted by Gasteiger charge is -1.96. The minimum Gasteiger partial charge on any atom is -0.320 e. The predicted octanol–water partition coefficient (Wildman–Crippen LogP) is 0.652. The molecule has 0 aliphatic heterocycles. The minimum absolute atomic E-state index is 0.311. The highest BCUT2D eigenvalue weighted by molar-refractivity contribution is 5.94. The fraction of sp³-hybridized carbons (Fsp3) is 0. The third-order valence-corrected chi connectivity index (χ3v) is 1.26. The zero-order valence-corrected chi connectivity index (χ0v) is 6.69. The molecule has 0 aliphatic carbocycles. The van der Waals surface area contributed by atoms with Gasteiger partial charge < -0.3 is 5.32 Å². The van der Waals surface area contributed by atoms with Crippen LogP contribution in [0.2, 0.25) is 0 Å². The summed E-state index contributed by atoms with van der Waals surface area (Å²) in [6, 6.07) is 4.86. The first-order valence-corrected chi connectivity index (χ1v) is 3.52. The van der Waals surface area contributed by atoms with Crippen LogP contribution in [0, 0.1) is 17.5 Å². The van der Waals surface area contributed by atoms with Crippen LogP contribution in [0.3, 0.4) is 0 Å². The van der Waals surface area contributed by atoms with E-state index in [0.29, 0.717) is 5.56 Å². The first-order valence-electron chi connectivity index (χ1n) is 3.52. The van der Waals surface area contributed by atoms with Crippen molar-refractivity contribution in [3.05, 3.63) is 42.4 Å². The van der Waals surface area contributed by atoms with Gasteiger partial charge in [-0.25, -0.2) is 0 Å². The van der Waals surface area contributed by atoms with Crippen LogP contribution in [-0.2, 0) is 0 Å². The van der Waals surface area contributed by atoms with Crippen molar-refractivity contribution in [2.24, 2.45) is 0 Å². The van der Waals surface area contributed by atoms with Crippen LogP contribution in [0.15, 0.2) is 30.6 Å². The lowest BCUT2D eigenvalue weighted by Crippen LogP contribution is -2.17. The van der Waals surface area contributed by atoms with Crippen molar-refractivity contribution >= 4 is 5.91 Å². The van der Waals surface area contributed by atoms with Crippen molar-refractivity contribution in [3.63, 3.8) is 0 Å². The molecule has 1 rings (SSSR count). The summed E-state index contributed by atoms with van der Waals surface area (Å²) in [6.07, 6.45) is 6.43. The summed E-state index contributed by atoms with van der Waals surface area (Å²) in [4.78, 5) is 15.0. The van der Waals surface area contributed by atoms with Crippen molar-refractivity contribution in [2.45, 2.75) is 0 Å². The Hall–Kier alpha value is -2.15. The van der Waals surface area contributed by atoms with Crippen LogP contribution >= 0.6 is 0 Å². The van der Waals surface area contributed by atoms with Gasteiger partial charge in [0.2, 0.25) is 0 Å². The Bertz CT molecular complexity index is 351. The topological polar surface area (TPSA) is 65.8 Å². The van der Waals surface area contributed by atoms with Gasteiger partial charge in [-0.1, -0.05) is 0 Å². The smallest absolute Gasteiger partial charge is 0.255 e. The summed E-state index contributed by atoms with van der Waals surface area (Å²) in [5.74, 6) is -0.311. The molecule has 1 radical (unpaired) electrons. The van der Waals surface area contributed by atoms with Gasteiger partial charge in [0.25, 0.3) is 5.91 Å². The molecule has 0 saturated heterocycles. The maximum atomic E-state index is 11.2. The number of hydrogen-bond donors (Lipinski definition) is 1. The van der Waals surface area contributed by atoms with E-state index >= 15 is 0 Å². The van der Waals surface area contributed by atoms with Gasteiger partial charge in [-0.05, 0) is 12.1 Å². The quantitative estimate of drug-likeness (QED) is 0.526. The Kier molecular flexibility index (Phi) is 3.21. The summed E-state index contributed by atoms with van der Waals surface area (Å²) >= 11 is 0. The highest BCUT2D eigenvalue weighted by Crippen LogP contribution is 1.94. The highest BCUT2D eigenvalue weighted by atomic mass is 16.1. The number of aromatic nitrogens is 1. The molecule has 0 aromatic carbocycles. The molecule has 0 fully saturated rings. The van der Waals surface area contributed by atoms with Gasteiger partial charge in [0.05, 0.1) is 12.3 Å². The molecule has 4 nitrogen and oxygen atoms in total. The first-order chi connectivity index (χ1) is 6.34. The largest absolute Gasteiger partial charge is 0.320 e. The molecule has 0 unspecified atom stereocenters. The lowest BCUT2D eigenvalue weighted by molar-refractivity contribution is 0.0967. The molecule has 1 amide bonds. The summed E-state index contributed by atoms with van der Waals surface area (Å²) in [7, 11) is 0. The molecular weight excluding hydrogens is 166 g/mol. The SMILES string of the molecule is N#CC=[C]NC(=O)c1ccncc1. The van der Waals surface area contributed by atoms with Gasteiger partial charge in [-0.2, -0.15) is 5.26 Å². The fourth-order valence-corrected chi connectivity index (χ4v) is 0.709. The van der Waals surface area contributed by atoms with E-state index in [1.54, 1.807) is 18.2 Å². The second-order valence-corrected chi connectivity index (χ2v) is 2.11. The van der Waals surface area contributed by atoms with Gasteiger partial charge in [0, 0.05) is 24.0 Å². The van der Waals surface area contributed by atoms with E-state index in [4.69, 9.17) is 5.26 Å². The van der Waals surface area contributed by atoms with E-state index in [1.165, 1.54) is 12.4 Å². The molecular formula is C9H6N3O. The predicted molar refractivity (Wildman–Crippen MR) is 45.1 cm³/mol. The number of allylic oxidation sites excluding steroid dienone is 1. The molecule has 1 heterocycles. The van der Waals surface area contributed by atoms with E-state index in [9.17, 15) is 4.79 Å². The number of carbonyl (C=O) groups excluding carboxylic acids is 1. The second-order valence-electron chi connectivity index (χ2n) is 2.11. The fourth-order valence-electron chi connectivity index (χ4n) is 0.709. The number of rotatable bonds is 2. The number of amides is 1. The number of nitrogens with zero attached hydrogens (tertiary/aromatic N) is 2. The molecule has 13 heavy (non-hydrogen) atoms. The second kappa shape index (κ2) is 4.67. The Morgan fingerprint density at radius 1 is 1.54 bits per heavy atom. The standard InChI is InChI=1S/C9H6N3O/c10-4-1-5-12-9(13)8-2-6-11-7-3-8/h1-3,6-7H,(H,12,13). The normalized spacial score (nSPS) is 9.46. The monoisotopic (exact) mass is 172 g/mol. The van der Waals surface area contributed by atoms with Gasteiger partial charge in [-0.15, -0.1) is 0 Å². The molecule has 0 atom stereocenters. The average molecular weight is 172 g/mol. The maximum Gasteiger partial charge on any atom is 0.255 e. The summed E-state index contributed by atoms with van der Waals surface area (Å²) in [6.45, 7) is 0. The Morgan fingerprint density at radius 2 is 2.23 bits per heavy atom. The summed E-state index contributed by atoms with van der Waals surface area (Å²) in [5.41, 5.74) is 0.480. The van der Waals surface area contributed by atoms with Gasteiger partial charge in [0.15, 0.2) is 0 Å². The van der Waals surface area contributed by atoms with E-state index < -0.39 is 0 Å². The zero-order valence-electron chi connectivity index (χ0n) is 6.69. The molecule has 63 valence electrons. The molecule has 0 saturated carbocycles. The molecule has 1 aromatic rings. The number of nitrogens with one attached hydrogen (secondary N) is 1. The van der Waals surface area contributed by atoms with E-state index in [0.717, 1.165) is 6.08 Å². The van der Waals surface area contributed by atoms with Gasteiger partial charge in [0.1, 0.15) is 0 Å². The first kappa shape index (κ1) is 8.94. The molecule has 1 aromatic heterocycles. The van der Waals surface area contributed by atoms with Crippen molar-refractivity contribution < 1.29 is 4.79 Å². The average Bonchev–Trinajstić information content (AvgIpc) is 2.19. The van der Waals surface area contributed by atoms with Gasteiger partial charge >= 0.3 is 0 Å². The molecule has 0 bridgehead atoms. The van der Waals surface area contributed by atoms with Crippen molar-refractivity contribution in [1.29, 1.82) is 5.26 Å². The molecule has 4 heteroatoms. The van der Waals surface area contributed by atoms with Crippen LogP contribution in [0.5, 0.6) is 0 Å². The van der Waals surface area contributed by atoms with Gasteiger partial charge in [-0.3, -0.25) is 9.78 Å². The summed E-state index contributed by atoms with van der Waals surface area (Å²) in [5, 5.41) is 10.4. The minimum atomic E-state index is -0.311. The molecule has 0 spiro atoms. The van der Waals surface area contributed by atoms with Crippen molar-refractivity contribution in [3.8, 4) is 6.07 Å². The van der Waals surface area contributed by atoms with Crippen LogP contribution in [0.1, 0.15) is 10.4 Å². The van der Waals surface area contributed by atoms with E-state index in [-0.39, 0.29) is 5.91 Å². The Balaban J connectivity index is 2.61. The van der Waals surface area contributed by atoms with Crippen molar-refractivity contribution in [1.82, 2.24) is 10.3 Å². The molecule has 0 aliphatic rings. The number of hydrogen-bond acceptors (Lipinski definition) is 3. The van der Waals surface area contributed by atoms with Crippen LogP contribution < -0.4 is 5.32 Å². The van der Waals surface area contributed by atoms with Crippen LogP contribution in [0.25, 0.3) is 0 Å². The van der Waals surface area contributed by atoms with Crippen molar-refractivity contribution in [2.75, 3.05) is 0 Å². The zero-order chi connectivity index (χ0) is 9.52. The highest BCUT2D eigenvalue weighted by Gasteiger charge is 2.00. The van der Waals surface area contributed by atoms with E-state index in [1.807, 2.05) is 0 Å². The number of carbonyl (C=O) groups is 1. The van der Waals surface area contributed by atoms with E-state index in [2.05, 4.69) is 16.5 Å². The number of pyridine rings is 1. The molecule has 1 N–H and O–H groups in total. The van der Waals surface area contributed by atoms with Crippen LogP contribution in [0.4, 0.5) is 0 Å². The third kappa shape index (κ3) is 2.75. The van der Waals surface area contributed by atoms with Crippen LogP contribution in [-0.4, -0.2) is 10.9 Å².